The van der Waals surface area contributed by atoms with Crippen LogP contribution in [0.4, 0.5) is 0 Å². The molecule has 8 nitrogen and oxygen atoms in total. The lowest BCUT2D eigenvalue weighted by Gasteiger charge is -2.39. The lowest BCUT2D eigenvalue weighted by molar-refractivity contribution is -0.00200. The van der Waals surface area contributed by atoms with Gasteiger partial charge in [0.15, 0.2) is 0 Å². The number of aliphatic hydroxyl groups is 1. The number of β-amino-alcohol motifs (C(OH)–C–C–N with tert-alkyl or cyclic N) is 1. The van der Waals surface area contributed by atoms with Crippen LogP contribution in [-0.4, -0.2) is 79.2 Å². The number of halogens is 1. The van der Waals surface area contributed by atoms with Crippen LogP contribution in [0.25, 0.3) is 0 Å². The van der Waals surface area contributed by atoms with Crippen molar-refractivity contribution in [2.24, 2.45) is 0 Å². The highest BCUT2D eigenvalue weighted by molar-refractivity contribution is 6.30. The molecule has 184 valence electrons. The van der Waals surface area contributed by atoms with E-state index in [1.54, 1.807) is 7.11 Å². The Morgan fingerprint density at radius 1 is 1.26 bits per heavy atom. The molecule has 1 amide bonds. The molecule has 1 atom stereocenters. The number of methoxy groups -OCH3 is 1. The van der Waals surface area contributed by atoms with Gasteiger partial charge >= 0.3 is 0 Å². The number of aliphatic hydroxyl groups excluding tert-OH is 1. The first kappa shape index (κ1) is 24.6. The molecule has 0 aliphatic carbocycles. The molecule has 2 heterocycles. The summed E-state index contributed by atoms with van der Waals surface area (Å²) in [5.41, 5.74) is 1.25. The Hall–Kier alpha value is -2.52. The Bertz CT molecular complexity index is 1010. The number of rotatable bonds is 9. The molecule has 2 aliphatic rings. The number of amides is 1. The summed E-state index contributed by atoms with van der Waals surface area (Å²) in [6.07, 6.45) is 1.84. The van der Waals surface area contributed by atoms with Gasteiger partial charge in [0.2, 0.25) is 0 Å². The lowest BCUT2D eigenvalue weighted by atomic mass is 9.87. The van der Waals surface area contributed by atoms with E-state index in [-0.39, 0.29) is 29.6 Å². The molecular formula is C25H31ClN2O6. The maximum Gasteiger partial charge on any atom is 0.255 e. The average Bonchev–Trinajstić information content (AvgIpc) is 3.16. The van der Waals surface area contributed by atoms with E-state index >= 15 is 0 Å². The SMILES string of the molecule is COCCNC(=O)c1ccc(O)cc1OC[C@@H](O)CN1CCC2(CC1)Cc1cc(Cl)ccc1O2. The Balaban J connectivity index is 1.26. The predicted octanol–water partition coefficient (Wildman–Crippen LogP) is 2.63. The van der Waals surface area contributed by atoms with E-state index < -0.39 is 6.10 Å². The molecule has 4 rings (SSSR count). The normalized spacial score (nSPS) is 17.7. The van der Waals surface area contributed by atoms with Crippen LogP contribution < -0.4 is 14.8 Å². The zero-order valence-corrected chi connectivity index (χ0v) is 20.0. The molecule has 1 spiro atoms. The molecule has 2 aliphatic heterocycles. The van der Waals surface area contributed by atoms with E-state index in [9.17, 15) is 15.0 Å². The standard InChI is InChI=1S/C25H31ClN2O6/c1-32-11-8-27-24(31)21-4-3-19(29)13-23(21)33-16-20(30)15-28-9-6-25(7-10-28)14-17-12-18(26)2-5-22(17)34-25/h2-5,12-13,20,29-30H,6-11,14-16H2,1H3,(H,27,31)/t20-/m0/s1. The van der Waals surface area contributed by atoms with E-state index in [2.05, 4.69) is 10.2 Å². The first-order valence-corrected chi connectivity index (χ1v) is 11.9. The second kappa shape index (κ2) is 10.8. The summed E-state index contributed by atoms with van der Waals surface area (Å²) in [5.74, 6) is 0.793. The van der Waals surface area contributed by atoms with Crippen molar-refractivity contribution >= 4 is 17.5 Å². The number of fused-ring (bicyclic) bond motifs is 1. The second-order valence-corrected chi connectivity index (χ2v) is 9.34. The molecule has 34 heavy (non-hydrogen) atoms. The number of benzene rings is 2. The largest absolute Gasteiger partial charge is 0.508 e. The maximum absolute atomic E-state index is 12.4. The maximum atomic E-state index is 12.4. The first-order valence-electron chi connectivity index (χ1n) is 11.5. The number of phenols is 1. The smallest absolute Gasteiger partial charge is 0.255 e. The number of phenolic OH excluding ortho intramolecular Hbond substituents is 1. The Morgan fingerprint density at radius 3 is 2.82 bits per heavy atom. The molecular weight excluding hydrogens is 460 g/mol. The van der Waals surface area contributed by atoms with Crippen LogP contribution in [0.5, 0.6) is 17.2 Å². The van der Waals surface area contributed by atoms with Gasteiger partial charge < -0.3 is 34.6 Å². The number of nitrogens with one attached hydrogen (secondary N) is 1. The van der Waals surface area contributed by atoms with E-state index in [1.807, 2.05) is 18.2 Å². The number of carbonyl (C=O) groups is 1. The molecule has 0 bridgehead atoms. The Kier molecular flexibility index (Phi) is 7.83. The summed E-state index contributed by atoms with van der Waals surface area (Å²) in [6, 6.07) is 10.1. The highest BCUT2D eigenvalue weighted by atomic mass is 35.5. The van der Waals surface area contributed by atoms with Crippen molar-refractivity contribution in [1.82, 2.24) is 10.2 Å². The fourth-order valence-electron chi connectivity index (χ4n) is 4.54. The molecule has 0 radical (unpaired) electrons. The van der Waals surface area contributed by atoms with Gasteiger partial charge in [0, 0.05) is 63.6 Å². The summed E-state index contributed by atoms with van der Waals surface area (Å²) in [6.45, 7) is 2.81. The highest BCUT2D eigenvalue weighted by Gasteiger charge is 2.42. The second-order valence-electron chi connectivity index (χ2n) is 8.91. The molecule has 3 N–H and O–H groups in total. The summed E-state index contributed by atoms with van der Waals surface area (Å²) in [7, 11) is 1.56. The van der Waals surface area contributed by atoms with Crippen LogP contribution in [0.15, 0.2) is 36.4 Å². The minimum atomic E-state index is -0.749. The molecule has 0 aromatic heterocycles. The highest BCUT2D eigenvalue weighted by Crippen LogP contribution is 2.41. The minimum Gasteiger partial charge on any atom is -0.508 e. The number of nitrogens with zero attached hydrogens (tertiary/aromatic N) is 1. The molecule has 0 saturated carbocycles. The van der Waals surface area contributed by atoms with E-state index in [4.69, 9.17) is 25.8 Å². The van der Waals surface area contributed by atoms with E-state index in [0.717, 1.165) is 48.7 Å². The van der Waals surface area contributed by atoms with Crippen molar-refractivity contribution < 1.29 is 29.2 Å². The van der Waals surface area contributed by atoms with Gasteiger partial charge in [-0.1, -0.05) is 11.6 Å². The van der Waals surface area contributed by atoms with Gasteiger partial charge in [-0.05, 0) is 35.9 Å². The number of piperidine rings is 1. The molecule has 2 aromatic rings. The first-order chi connectivity index (χ1) is 16.4. The van der Waals surface area contributed by atoms with Gasteiger partial charge in [0.25, 0.3) is 5.91 Å². The monoisotopic (exact) mass is 490 g/mol. The molecule has 1 fully saturated rings. The van der Waals surface area contributed by atoms with Crippen molar-refractivity contribution in [1.29, 1.82) is 0 Å². The van der Waals surface area contributed by atoms with Gasteiger partial charge in [-0.15, -0.1) is 0 Å². The molecule has 2 aromatic carbocycles. The van der Waals surface area contributed by atoms with Gasteiger partial charge in [-0.3, -0.25) is 4.79 Å². The van der Waals surface area contributed by atoms with Crippen molar-refractivity contribution in [2.75, 3.05) is 46.5 Å². The fraction of sp³-hybridized carbons (Fsp3) is 0.480. The average molecular weight is 491 g/mol. The lowest BCUT2D eigenvalue weighted by Crippen LogP contribution is -2.49. The third kappa shape index (κ3) is 5.93. The predicted molar refractivity (Wildman–Crippen MR) is 128 cm³/mol. The number of ether oxygens (including phenoxy) is 3. The van der Waals surface area contributed by atoms with Crippen LogP contribution in [0, 0.1) is 0 Å². The van der Waals surface area contributed by atoms with Crippen LogP contribution in [-0.2, 0) is 11.2 Å². The Morgan fingerprint density at radius 2 is 2.06 bits per heavy atom. The summed E-state index contributed by atoms with van der Waals surface area (Å²) in [4.78, 5) is 14.6. The number of likely N-dealkylation sites (tertiary alicyclic amines) is 1. The zero-order valence-electron chi connectivity index (χ0n) is 19.3. The van der Waals surface area contributed by atoms with Crippen LogP contribution in [0.3, 0.4) is 0 Å². The van der Waals surface area contributed by atoms with Gasteiger partial charge in [0.05, 0.1) is 12.2 Å². The number of hydrogen-bond donors (Lipinski definition) is 3. The topological polar surface area (TPSA) is 100 Å². The van der Waals surface area contributed by atoms with Gasteiger partial charge in [0.1, 0.15) is 35.6 Å². The van der Waals surface area contributed by atoms with Crippen molar-refractivity contribution in [3.05, 3.63) is 52.5 Å². The van der Waals surface area contributed by atoms with Crippen LogP contribution >= 0.6 is 11.6 Å². The summed E-state index contributed by atoms with van der Waals surface area (Å²) < 4.78 is 17.0. The fourth-order valence-corrected chi connectivity index (χ4v) is 4.74. The number of hydrogen-bond acceptors (Lipinski definition) is 7. The van der Waals surface area contributed by atoms with Crippen LogP contribution in [0.2, 0.25) is 5.02 Å². The van der Waals surface area contributed by atoms with Gasteiger partial charge in [-0.25, -0.2) is 0 Å². The quantitative estimate of drug-likeness (QED) is 0.464. The number of aromatic hydroxyl groups is 1. The molecule has 9 heteroatoms. The number of carbonyl (C=O) groups excluding carboxylic acids is 1. The third-order valence-corrected chi connectivity index (χ3v) is 6.57. The summed E-state index contributed by atoms with van der Waals surface area (Å²) >= 11 is 6.12. The Labute approximate surface area is 204 Å². The third-order valence-electron chi connectivity index (χ3n) is 6.33. The van der Waals surface area contributed by atoms with Crippen molar-refractivity contribution in [3.8, 4) is 17.2 Å². The van der Waals surface area contributed by atoms with Gasteiger partial charge in [-0.2, -0.15) is 0 Å². The zero-order chi connectivity index (χ0) is 24.1. The minimum absolute atomic E-state index is 0.00386. The molecule has 1 saturated heterocycles. The van der Waals surface area contributed by atoms with Crippen molar-refractivity contribution in [3.63, 3.8) is 0 Å². The van der Waals surface area contributed by atoms with Crippen LogP contribution in [0.1, 0.15) is 28.8 Å². The van der Waals surface area contributed by atoms with E-state index in [0.29, 0.717) is 25.3 Å². The summed E-state index contributed by atoms with van der Waals surface area (Å²) in [5, 5.41) is 23.8. The van der Waals surface area contributed by atoms with Crippen molar-refractivity contribution in [2.45, 2.75) is 31.0 Å². The van der Waals surface area contributed by atoms with E-state index in [1.165, 1.54) is 18.2 Å². The molecule has 0 unspecified atom stereocenters.